The third-order valence-electron chi connectivity index (χ3n) is 9.90. The van der Waals surface area contributed by atoms with Crippen LogP contribution in [0.1, 0.15) is 51.4 Å². The van der Waals surface area contributed by atoms with E-state index in [4.69, 9.17) is 9.47 Å². The van der Waals surface area contributed by atoms with E-state index in [1.807, 2.05) is 6.92 Å². The first-order valence-corrected chi connectivity index (χ1v) is 12.3. The van der Waals surface area contributed by atoms with Crippen LogP contribution < -0.4 is 0 Å². The van der Waals surface area contributed by atoms with Crippen LogP contribution in [-0.2, 0) is 19.1 Å². The molecule has 0 amide bonds. The van der Waals surface area contributed by atoms with Crippen LogP contribution in [0.3, 0.4) is 0 Å². The molecule has 2 N–H and O–H groups in total. The maximum atomic E-state index is 17.3. The second-order valence-electron chi connectivity index (χ2n) is 11.2. The number of carbonyl (C=O) groups excluding carboxylic acids is 2. The molecule has 1 aromatic heterocycles. The maximum Gasteiger partial charge on any atom is 0.193 e. The molecular formula is C27H30FNO6. The summed E-state index contributed by atoms with van der Waals surface area (Å²) in [6, 6.07) is 3.55. The predicted molar refractivity (Wildman–Crippen MR) is 121 cm³/mol. The Labute approximate surface area is 203 Å². The number of allylic oxidation sites excluding steroid dienone is 4. The van der Waals surface area contributed by atoms with Crippen molar-refractivity contribution in [3.05, 3.63) is 53.9 Å². The van der Waals surface area contributed by atoms with Gasteiger partial charge in [-0.3, -0.25) is 14.6 Å². The Morgan fingerprint density at radius 2 is 2.11 bits per heavy atom. The molecule has 1 aliphatic heterocycles. The SMILES string of the molecule is CC12C=CC(=O)C=C1CCC1C3CC4OC(c5cccnc5)OC4(C(=O)CO)C3(C)CC(O)C12F. The summed E-state index contributed by atoms with van der Waals surface area (Å²) in [4.78, 5) is 29.6. The molecule has 0 radical (unpaired) electrons. The minimum absolute atomic E-state index is 0.0271. The summed E-state index contributed by atoms with van der Waals surface area (Å²) in [6.45, 7) is 2.89. The molecule has 1 aromatic rings. The lowest BCUT2D eigenvalue weighted by Crippen LogP contribution is -2.69. The average molecular weight is 484 g/mol. The number of aliphatic hydroxyl groups is 2. The number of aromatic nitrogens is 1. The zero-order chi connectivity index (χ0) is 24.8. The summed E-state index contributed by atoms with van der Waals surface area (Å²) >= 11 is 0. The van der Waals surface area contributed by atoms with Crippen molar-refractivity contribution in [1.29, 1.82) is 0 Å². The number of rotatable bonds is 3. The fourth-order valence-corrected chi connectivity index (χ4v) is 8.24. The van der Waals surface area contributed by atoms with Crippen molar-refractivity contribution in [2.45, 2.75) is 69.3 Å². The summed E-state index contributed by atoms with van der Waals surface area (Å²) in [5.41, 5.74) is -4.24. The topological polar surface area (TPSA) is 106 Å². The van der Waals surface area contributed by atoms with Gasteiger partial charge in [-0.2, -0.15) is 0 Å². The molecule has 9 unspecified atom stereocenters. The molecule has 0 aromatic carbocycles. The summed E-state index contributed by atoms with van der Waals surface area (Å²) < 4.78 is 30.0. The molecule has 0 bridgehead atoms. The van der Waals surface area contributed by atoms with Crippen molar-refractivity contribution < 1.29 is 33.7 Å². The Morgan fingerprint density at radius 3 is 2.83 bits per heavy atom. The molecule has 0 spiro atoms. The van der Waals surface area contributed by atoms with Crippen molar-refractivity contribution in [2.24, 2.45) is 22.7 Å². The van der Waals surface area contributed by atoms with Gasteiger partial charge in [-0.25, -0.2) is 4.39 Å². The standard InChI is InChI=1S/C27H30FNO6/c1-24-8-7-17(31)10-16(24)5-6-18-19-11-22-27(21(33)14-30,25(19,2)12-20(32)26(18,24)28)35-23(34-22)15-4-3-9-29-13-15/h3-4,7-10,13,18-20,22-23,30,32H,5-6,11-12,14H2,1-2H3. The molecule has 35 heavy (non-hydrogen) atoms. The first kappa shape index (κ1) is 23.2. The minimum Gasteiger partial charge on any atom is -0.390 e. The molecule has 1 saturated heterocycles. The highest BCUT2D eigenvalue weighted by atomic mass is 19.1. The van der Waals surface area contributed by atoms with Crippen molar-refractivity contribution in [2.75, 3.05) is 6.61 Å². The summed E-state index contributed by atoms with van der Waals surface area (Å²) in [6.07, 6.45) is 6.13. The zero-order valence-electron chi connectivity index (χ0n) is 19.8. The molecule has 4 fully saturated rings. The van der Waals surface area contributed by atoms with Gasteiger partial charge in [0, 0.05) is 34.7 Å². The van der Waals surface area contributed by atoms with E-state index in [2.05, 4.69) is 4.98 Å². The number of alkyl halides is 1. The summed E-state index contributed by atoms with van der Waals surface area (Å²) in [7, 11) is 0. The number of nitrogens with zero attached hydrogens (tertiary/aromatic N) is 1. The molecule has 7 nitrogen and oxygen atoms in total. The predicted octanol–water partition coefficient (Wildman–Crippen LogP) is 2.78. The van der Waals surface area contributed by atoms with E-state index in [0.29, 0.717) is 30.4 Å². The fourth-order valence-electron chi connectivity index (χ4n) is 8.24. The maximum absolute atomic E-state index is 17.3. The molecule has 186 valence electrons. The van der Waals surface area contributed by atoms with E-state index >= 15 is 4.39 Å². The molecule has 8 heteroatoms. The van der Waals surface area contributed by atoms with Gasteiger partial charge in [0.1, 0.15) is 6.61 Å². The van der Waals surface area contributed by atoms with Crippen molar-refractivity contribution in [1.82, 2.24) is 4.98 Å². The lowest BCUT2D eigenvalue weighted by atomic mass is 9.44. The number of pyridine rings is 1. The number of Topliss-reactive ketones (excluding diaryl/α,β-unsaturated/α-hetero) is 1. The van der Waals surface area contributed by atoms with Gasteiger partial charge in [0.15, 0.2) is 29.1 Å². The monoisotopic (exact) mass is 483 g/mol. The Hall–Kier alpha value is -2.26. The van der Waals surface area contributed by atoms with Crippen LogP contribution in [0.4, 0.5) is 4.39 Å². The number of ether oxygens (including phenoxy) is 2. The number of hydrogen-bond donors (Lipinski definition) is 2. The second kappa shape index (κ2) is 7.38. The van der Waals surface area contributed by atoms with Gasteiger partial charge < -0.3 is 19.7 Å². The number of halogens is 1. The smallest absolute Gasteiger partial charge is 0.193 e. The van der Waals surface area contributed by atoms with Crippen molar-refractivity contribution in [3.63, 3.8) is 0 Å². The van der Waals surface area contributed by atoms with Gasteiger partial charge >= 0.3 is 0 Å². The van der Waals surface area contributed by atoms with Crippen molar-refractivity contribution in [3.8, 4) is 0 Å². The number of aliphatic hydroxyl groups excluding tert-OH is 2. The molecule has 5 aliphatic rings. The van der Waals surface area contributed by atoms with E-state index in [0.717, 1.165) is 0 Å². The Balaban J connectivity index is 1.44. The summed E-state index contributed by atoms with van der Waals surface area (Å²) in [5, 5.41) is 21.5. The van der Waals surface area contributed by atoms with Gasteiger partial charge in [0.25, 0.3) is 0 Å². The second-order valence-corrected chi connectivity index (χ2v) is 11.2. The molecular weight excluding hydrogens is 453 g/mol. The van der Waals surface area contributed by atoms with Crippen LogP contribution in [0.15, 0.2) is 48.3 Å². The van der Waals surface area contributed by atoms with E-state index in [-0.39, 0.29) is 18.1 Å². The van der Waals surface area contributed by atoms with E-state index in [1.165, 1.54) is 12.2 Å². The van der Waals surface area contributed by atoms with Crippen LogP contribution >= 0.6 is 0 Å². The Kier molecular flexibility index (Phi) is 4.88. The first-order valence-electron chi connectivity index (χ1n) is 12.3. The lowest BCUT2D eigenvalue weighted by Gasteiger charge is -2.62. The van der Waals surface area contributed by atoms with Gasteiger partial charge in [0.2, 0.25) is 0 Å². The van der Waals surface area contributed by atoms with E-state index in [9.17, 15) is 19.8 Å². The lowest BCUT2D eigenvalue weighted by molar-refractivity contribution is -0.231. The minimum atomic E-state index is -2.01. The van der Waals surface area contributed by atoms with E-state index < -0.39 is 58.9 Å². The first-order chi connectivity index (χ1) is 16.6. The van der Waals surface area contributed by atoms with Crippen LogP contribution in [0.5, 0.6) is 0 Å². The zero-order valence-corrected chi connectivity index (χ0v) is 19.8. The Bertz CT molecular complexity index is 1150. The van der Waals surface area contributed by atoms with Crippen LogP contribution in [0.2, 0.25) is 0 Å². The largest absolute Gasteiger partial charge is 0.390 e. The normalized spacial score (nSPS) is 48.0. The highest BCUT2D eigenvalue weighted by molar-refractivity contribution is 6.01. The Morgan fingerprint density at radius 1 is 1.31 bits per heavy atom. The van der Waals surface area contributed by atoms with Gasteiger partial charge in [0.05, 0.1) is 12.2 Å². The van der Waals surface area contributed by atoms with Crippen LogP contribution in [-0.4, -0.2) is 56.8 Å². The van der Waals surface area contributed by atoms with Gasteiger partial charge in [-0.1, -0.05) is 24.6 Å². The quantitative estimate of drug-likeness (QED) is 0.681. The van der Waals surface area contributed by atoms with Gasteiger partial charge in [-0.05, 0) is 56.7 Å². The third kappa shape index (κ3) is 2.66. The fraction of sp³-hybridized carbons (Fsp3) is 0.593. The number of fused-ring (bicyclic) bond motifs is 7. The summed E-state index contributed by atoms with van der Waals surface area (Å²) in [5.74, 6) is -1.58. The van der Waals surface area contributed by atoms with Gasteiger partial charge in [-0.15, -0.1) is 0 Å². The number of ketones is 2. The van der Waals surface area contributed by atoms with Crippen LogP contribution in [0, 0.1) is 22.7 Å². The van der Waals surface area contributed by atoms with Crippen molar-refractivity contribution >= 4 is 11.6 Å². The third-order valence-corrected chi connectivity index (χ3v) is 9.90. The highest BCUT2D eigenvalue weighted by Gasteiger charge is 2.79. The molecule has 6 rings (SSSR count). The molecule has 9 atom stereocenters. The number of hydrogen-bond acceptors (Lipinski definition) is 7. The van der Waals surface area contributed by atoms with E-state index in [1.54, 1.807) is 37.5 Å². The van der Waals surface area contributed by atoms with Crippen LogP contribution in [0.25, 0.3) is 0 Å². The molecule has 4 aliphatic carbocycles. The average Bonchev–Trinajstić information content (AvgIpc) is 3.34. The number of carbonyl (C=O) groups is 2. The molecule has 3 saturated carbocycles. The highest BCUT2D eigenvalue weighted by Crippen LogP contribution is 2.72. The molecule has 2 heterocycles.